The number of ether oxygens (including phenoxy) is 1. The second-order valence-corrected chi connectivity index (χ2v) is 23.4. The Kier molecular flexibility index (Phi) is 13.6. The first-order valence-electron chi connectivity index (χ1n) is 26.8. The standard InChI is InChI=1S/C72H63N4O.Pt/c1-70(2,3)52-38-34-50(35-39-52)60-43-56(44-66-68(60)59-28-16-17-31-63(59)76(66)67-45-62(72(7,8)9)61(46-73-67)51-36-40-53(41-37-51)71(4,5)6)77-55-27-20-26-54(42-55)74-47-75(65-33-19-18-32-64(65)74)69-57(48-22-12-10-13-23-48)29-21-30-58(69)49-24-14-11-15-25-49;/h10-41,43,45-47H,1-9H3;/q-3;. The van der Waals surface area contributed by atoms with Crippen molar-refractivity contribution in [3.8, 4) is 61.8 Å². The molecule has 0 bridgehead atoms. The van der Waals surface area contributed by atoms with E-state index in [1.165, 1.54) is 16.7 Å². The van der Waals surface area contributed by atoms with E-state index in [9.17, 15) is 0 Å². The van der Waals surface area contributed by atoms with Gasteiger partial charge in [-0.15, -0.1) is 48.3 Å². The van der Waals surface area contributed by atoms with Crippen LogP contribution < -0.4 is 14.5 Å². The quantitative estimate of drug-likeness (QED) is 0.135. The van der Waals surface area contributed by atoms with E-state index in [0.29, 0.717) is 11.5 Å². The van der Waals surface area contributed by atoms with Crippen LogP contribution in [-0.2, 0) is 37.3 Å². The Morgan fingerprint density at radius 2 is 0.974 bits per heavy atom. The zero-order valence-corrected chi connectivity index (χ0v) is 48.1. The van der Waals surface area contributed by atoms with Gasteiger partial charge in [0, 0.05) is 78.0 Å². The van der Waals surface area contributed by atoms with Crippen molar-refractivity contribution in [2.45, 2.75) is 78.6 Å². The van der Waals surface area contributed by atoms with Crippen LogP contribution in [0.4, 0.5) is 22.7 Å². The Hall–Kier alpha value is -7.98. The molecule has 0 atom stereocenters. The first kappa shape index (κ1) is 52.1. The number of benzene rings is 9. The summed E-state index contributed by atoms with van der Waals surface area (Å²) in [5.41, 5.74) is 18.6. The van der Waals surface area contributed by atoms with Crippen molar-refractivity contribution in [2.75, 3.05) is 9.80 Å². The molecule has 1 aliphatic rings. The average molecular weight is 1200 g/mol. The summed E-state index contributed by atoms with van der Waals surface area (Å²) in [5.74, 6) is 1.97. The minimum absolute atomic E-state index is 0. The minimum atomic E-state index is -0.187. The number of hydrogen-bond acceptors (Lipinski definition) is 4. The monoisotopic (exact) mass is 1190 g/mol. The van der Waals surface area contributed by atoms with Crippen LogP contribution in [0.1, 0.15) is 79.0 Å². The van der Waals surface area contributed by atoms with Gasteiger partial charge in [0.2, 0.25) is 0 Å². The van der Waals surface area contributed by atoms with E-state index in [4.69, 9.17) is 9.72 Å². The fourth-order valence-corrected chi connectivity index (χ4v) is 11.0. The van der Waals surface area contributed by atoms with Gasteiger partial charge in [-0.1, -0.05) is 231 Å². The summed E-state index contributed by atoms with van der Waals surface area (Å²) in [6.07, 6.45) is 2.06. The molecular weight excluding hydrogens is 1130 g/mol. The van der Waals surface area contributed by atoms with Gasteiger partial charge < -0.3 is 19.1 Å². The number of rotatable bonds is 9. The second kappa shape index (κ2) is 20.4. The third-order valence-electron chi connectivity index (χ3n) is 15.0. The fraction of sp³-hybridized carbons (Fsp3) is 0.167. The van der Waals surface area contributed by atoms with E-state index in [1.807, 2.05) is 12.1 Å². The third-order valence-corrected chi connectivity index (χ3v) is 15.0. The Labute approximate surface area is 475 Å². The molecule has 78 heavy (non-hydrogen) atoms. The van der Waals surface area contributed by atoms with Gasteiger partial charge in [0.25, 0.3) is 0 Å². The molecule has 0 amide bonds. The smallest absolute Gasteiger partial charge is 0.135 e. The molecule has 3 heterocycles. The Morgan fingerprint density at radius 1 is 0.449 bits per heavy atom. The number of nitrogens with zero attached hydrogens (tertiary/aromatic N) is 4. The van der Waals surface area contributed by atoms with Crippen LogP contribution in [0.25, 0.3) is 72.1 Å². The summed E-state index contributed by atoms with van der Waals surface area (Å²) in [4.78, 5) is 9.87. The molecule has 0 aliphatic carbocycles. The molecule has 0 fully saturated rings. The van der Waals surface area contributed by atoms with Crippen LogP contribution in [0.15, 0.2) is 212 Å². The Bertz CT molecular complexity index is 3910. The van der Waals surface area contributed by atoms with Gasteiger partial charge in [-0.05, 0) is 84.8 Å². The number of pyridine rings is 1. The Balaban J connectivity index is 0.00000645. The summed E-state index contributed by atoms with van der Waals surface area (Å²) >= 11 is 0. The number of fused-ring (bicyclic) bond motifs is 4. The van der Waals surface area contributed by atoms with Crippen molar-refractivity contribution in [2.24, 2.45) is 0 Å². The zero-order valence-electron chi connectivity index (χ0n) is 45.8. The van der Waals surface area contributed by atoms with Gasteiger partial charge >= 0.3 is 0 Å². The third kappa shape index (κ3) is 9.75. The van der Waals surface area contributed by atoms with E-state index in [1.54, 1.807) is 0 Å². The molecule has 12 rings (SSSR count). The number of para-hydroxylation sites is 4. The first-order chi connectivity index (χ1) is 37.1. The molecule has 9 aromatic carbocycles. The topological polar surface area (TPSA) is 33.5 Å². The SMILES string of the molecule is CC(C)(C)c1ccc(-c2cnc(-n3c4[c-]c(Oc5[c-]c(N6[CH-]N(c7c(-c8ccccc8)cccc7-c7ccccc7)c7ccccc76)ccc5)cc(-c5ccc(C(C)(C)C)cc5)c4c4ccccc43)cc2C(C)(C)C)cc1.[Pt]. The summed E-state index contributed by atoms with van der Waals surface area (Å²) in [7, 11) is 0. The molecule has 0 saturated heterocycles. The molecule has 2 aromatic heterocycles. The van der Waals surface area contributed by atoms with Crippen molar-refractivity contribution in [3.05, 3.63) is 248 Å². The van der Waals surface area contributed by atoms with Crippen molar-refractivity contribution in [1.29, 1.82) is 0 Å². The summed E-state index contributed by atoms with van der Waals surface area (Å²) < 4.78 is 9.33. The predicted octanol–water partition coefficient (Wildman–Crippen LogP) is 19.5. The van der Waals surface area contributed by atoms with E-state index in [-0.39, 0.29) is 37.3 Å². The number of anilines is 4. The van der Waals surface area contributed by atoms with Crippen molar-refractivity contribution < 1.29 is 25.8 Å². The fourth-order valence-electron chi connectivity index (χ4n) is 11.0. The van der Waals surface area contributed by atoms with E-state index in [2.05, 4.69) is 296 Å². The number of hydrogen-bond donors (Lipinski definition) is 0. The van der Waals surface area contributed by atoms with Crippen LogP contribution in [0.5, 0.6) is 11.5 Å². The summed E-state index contributed by atoms with van der Waals surface area (Å²) in [6, 6.07) is 81.2. The maximum Gasteiger partial charge on any atom is 0.135 e. The molecule has 0 N–H and O–H groups in total. The molecule has 0 spiro atoms. The van der Waals surface area contributed by atoms with E-state index in [0.717, 1.165) is 94.9 Å². The van der Waals surface area contributed by atoms with Crippen molar-refractivity contribution in [3.63, 3.8) is 0 Å². The zero-order chi connectivity index (χ0) is 53.2. The average Bonchev–Trinajstić information content (AvgIpc) is 4.23. The van der Waals surface area contributed by atoms with Gasteiger partial charge in [-0.25, -0.2) is 4.98 Å². The van der Waals surface area contributed by atoms with E-state index >= 15 is 0 Å². The Morgan fingerprint density at radius 3 is 1.56 bits per heavy atom. The molecule has 0 saturated carbocycles. The molecule has 11 aromatic rings. The largest absolute Gasteiger partial charge is 0.509 e. The maximum absolute atomic E-state index is 7.06. The van der Waals surface area contributed by atoms with Crippen LogP contribution in [0, 0.1) is 18.8 Å². The van der Waals surface area contributed by atoms with Gasteiger partial charge in [0.15, 0.2) is 0 Å². The predicted molar refractivity (Wildman–Crippen MR) is 322 cm³/mol. The van der Waals surface area contributed by atoms with Crippen LogP contribution >= 0.6 is 0 Å². The van der Waals surface area contributed by atoms with Crippen LogP contribution in [0.3, 0.4) is 0 Å². The van der Waals surface area contributed by atoms with E-state index < -0.39 is 0 Å². The van der Waals surface area contributed by atoms with Gasteiger partial charge in [-0.3, -0.25) is 0 Å². The molecule has 0 radical (unpaired) electrons. The van der Waals surface area contributed by atoms with Crippen molar-refractivity contribution in [1.82, 2.24) is 9.55 Å². The van der Waals surface area contributed by atoms with Crippen molar-refractivity contribution >= 4 is 44.6 Å². The molecular formula is C72H63N4OPt-3. The first-order valence-corrected chi connectivity index (χ1v) is 26.8. The van der Waals surface area contributed by atoms with Crippen LogP contribution in [0.2, 0.25) is 0 Å². The second-order valence-electron chi connectivity index (χ2n) is 23.4. The summed E-state index contributed by atoms with van der Waals surface area (Å²) in [6.45, 7) is 22.6. The van der Waals surface area contributed by atoms with Gasteiger partial charge in [-0.2, -0.15) is 6.07 Å². The van der Waals surface area contributed by atoms with Gasteiger partial charge in [0.1, 0.15) is 5.82 Å². The normalized spacial score (nSPS) is 12.7. The molecule has 5 nitrogen and oxygen atoms in total. The summed E-state index contributed by atoms with van der Waals surface area (Å²) in [5, 5.41) is 2.20. The molecule has 6 heteroatoms. The maximum atomic E-state index is 7.06. The minimum Gasteiger partial charge on any atom is -0.509 e. The van der Waals surface area contributed by atoms with Gasteiger partial charge in [0.05, 0.1) is 0 Å². The number of aromatic nitrogens is 2. The molecule has 0 unspecified atom stereocenters. The van der Waals surface area contributed by atoms with Crippen LogP contribution in [-0.4, -0.2) is 9.55 Å². The molecule has 390 valence electrons. The molecule has 1 aliphatic heterocycles.